The maximum Gasteiger partial charge on any atom is 0.409 e. The van der Waals surface area contributed by atoms with Gasteiger partial charge in [-0.25, -0.2) is 9.78 Å². The molecular formula is C13H21ClN2O3Si. The maximum absolute atomic E-state index is 10.9. The minimum atomic E-state index is -1.90. The Morgan fingerprint density at radius 2 is 2.05 bits per heavy atom. The standard InChI is InChI=1S/C13H21ClN2O3Si/c1-13(2,3)20(4,5)18-8-9-7-16-11(14)6-10(9)19-12(15)17/h6-7H,8H2,1-5H3,(H2,15,17). The highest BCUT2D eigenvalue weighted by Gasteiger charge is 2.37. The number of halogens is 1. The number of primary amides is 1. The molecule has 0 aliphatic heterocycles. The highest BCUT2D eigenvalue weighted by Crippen LogP contribution is 2.37. The zero-order valence-electron chi connectivity index (χ0n) is 12.5. The molecule has 2 N–H and O–H groups in total. The molecule has 7 heteroatoms. The molecule has 0 saturated carbocycles. The van der Waals surface area contributed by atoms with Crippen molar-refractivity contribution in [1.29, 1.82) is 0 Å². The van der Waals surface area contributed by atoms with Crippen LogP contribution < -0.4 is 10.5 Å². The number of amides is 1. The van der Waals surface area contributed by atoms with Gasteiger partial charge in [0.2, 0.25) is 0 Å². The van der Waals surface area contributed by atoms with Crippen LogP contribution in [0.3, 0.4) is 0 Å². The molecule has 0 aliphatic carbocycles. The lowest BCUT2D eigenvalue weighted by molar-refractivity contribution is 0.208. The van der Waals surface area contributed by atoms with Gasteiger partial charge in [0.25, 0.3) is 0 Å². The third-order valence-electron chi connectivity index (χ3n) is 3.52. The molecule has 20 heavy (non-hydrogen) atoms. The van der Waals surface area contributed by atoms with Crippen molar-refractivity contribution in [2.75, 3.05) is 0 Å². The van der Waals surface area contributed by atoms with Crippen molar-refractivity contribution in [2.45, 2.75) is 45.5 Å². The number of ether oxygens (including phenoxy) is 1. The van der Waals surface area contributed by atoms with Crippen molar-refractivity contribution >= 4 is 26.0 Å². The number of hydrogen-bond acceptors (Lipinski definition) is 4. The lowest BCUT2D eigenvalue weighted by Gasteiger charge is -2.36. The van der Waals surface area contributed by atoms with Gasteiger partial charge in [-0.3, -0.25) is 0 Å². The number of carbonyl (C=O) groups excluding carboxylic acids is 1. The van der Waals surface area contributed by atoms with Crippen molar-refractivity contribution in [2.24, 2.45) is 5.73 Å². The largest absolute Gasteiger partial charge is 0.412 e. The van der Waals surface area contributed by atoms with Gasteiger partial charge >= 0.3 is 6.09 Å². The number of nitrogens with two attached hydrogens (primary N) is 1. The van der Waals surface area contributed by atoms with Crippen LogP contribution in [0.2, 0.25) is 23.3 Å². The predicted molar refractivity (Wildman–Crippen MR) is 81.4 cm³/mol. The van der Waals surface area contributed by atoms with E-state index in [2.05, 4.69) is 38.8 Å². The fourth-order valence-corrected chi connectivity index (χ4v) is 2.33. The minimum Gasteiger partial charge on any atom is -0.412 e. The molecule has 0 bridgehead atoms. The average molecular weight is 317 g/mol. The number of rotatable bonds is 4. The summed E-state index contributed by atoms with van der Waals surface area (Å²) in [6.07, 6.45) is 0.647. The Balaban J connectivity index is 2.90. The molecule has 0 fully saturated rings. The molecule has 1 aromatic heterocycles. The van der Waals surface area contributed by atoms with E-state index >= 15 is 0 Å². The molecule has 1 aromatic rings. The van der Waals surface area contributed by atoms with Gasteiger partial charge in [0.05, 0.1) is 6.61 Å². The van der Waals surface area contributed by atoms with Crippen LogP contribution in [0, 0.1) is 0 Å². The van der Waals surface area contributed by atoms with Gasteiger partial charge in [-0.15, -0.1) is 0 Å². The average Bonchev–Trinajstić information content (AvgIpc) is 2.25. The number of carbonyl (C=O) groups is 1. The second-order valence-corrected chi connectivity index (χ2v) is 11.3. The van der Waals surface area contributed by atoms with Gasteiger partial charge in [-0.2, -0.15) is 0 Å². The van der Waals surface area contributed by atoms with Gasteiger partial charge in [-0.05, 0) is 18.1 Å². The summed E-state index contributed by atoms with van der Waals surface area (Å²) < 4.78 is 11.0. The lowest BCUT2D eigenvalue weighted by Crippen LogP contribution is -2.40. The highest BCUT2D eigenvalue weighted by atomic mass is 35.5. The Morgan fingerprint density at radius 3 is 2.55 bits per heavy atom. The number of hydrogen-bond donors (Lipinski definition) is 1. The lowest BCUT2D eigenvalue weighted by atomic mass is 10.2. The van der Waals surface area contributed by atoms with Crippen LogP contribution in [-0.4, -0.2) is 19.4 Å². The second-order valence-electron chi connectivity index (χ2n) is 6.08. The van der Waals surface area contributed by atoms with Crippen molar-refractivity contribution in [3.05, 3.63) is 23.0 Å². The smallest absolute Gasteiger partial charge is 0.409 e. The molecule has 1 amide bonds. The van der Waals surface area contributed by atoms with E-state index in [1.165, 1.54) is 12.3 Å². The molecule has 0 aromatic carbocycles. The zero-order valence-corrected chi connectivity index (χ0v) is 14.2. The van der Waals surface area contributed by atoms with Crippen LogP contribution in [-0.2, 0) is 11.0 Å². The summed E-state index contributed by atoms with van der Waals surface area (Å²) in [7, 11) is -1.90. The number of nitrogens with zero attached hydrogens (tertiary/aromatic N) is 1. The summed E-state index contributed by atoms with van der Waals surface area (Å²) in [5, 5.41) is 0.328. The van der Waals surface area contributed by atoms with Crippen LogP contribution in [0.5, 0.6) is 5.75 Å². The molecule has 0 spiro atoms. The summed E-state index contributed by atoms with van der Waals surface area (Å²) in [6.45, 7) is 11.1. The SMILES string of the molecule is CC(C)(C)[Si](C)(C)OCc1cnc(Cl)cc1OC(N)=O. The van der Waals surface area contributed by atoms with E-state index < -0.39 is 14.4 Å². The van der Waals surface area contributed by atoms with E-state index in [0.29, 0.717) is 12.2 Å². The Hall–Kier alpha value is -1.11. The molecule has 112 valence electrons. The summed E-state index contributed by atoms with van der Waals surface area (Å²) in [5.41, 5.74) is 5.69. The molecule has 0 atom stereocenters. The fourth-order valence-electron chi connectivity index (χ4n) is 1.23. The Labute approximate surface area is 125 Å². The summed E-state index contributed by atoms with van der Waals surface area (Å²) in [6, 6.07) is 1.46. The first-order valence-corrected chi connectivity index (χ1v) is 9.57. The van der Waals surface area contributed by atoms with Crippen LogP contribution in [0.4, 0.5) is 4.79 Å². The molecule has 0 aliphatic rings. The molecular weight excluding hydrogens is 296 g/mol. The van der Waals surface area contributed by atoms with Gasteiger partial charge < -0.3 is 14.9 Å². The van der Waals surface area contributed by atoms with E-state index in [0.717, 1.165) is 0 Å². The molecule has 0 unspecified atom stereocenters. The molecule has 0 radical (unpaired) electrons. The van der Waals surface area contributed by atoms with E-state index in [1.54, 1.807) is 0 Å². The van der Waals surface area contributed by atoms with Crippen molar-refractivity contribution in [1.82, 2.24) is 4.98 Å². The highest BCUT2D eigenvalue weighted by molar-refractivity contribution is 6.74. The molecule has 1 rings (SSSR count). The topological polar surface area (TPSA) is 74.4 Å². The van der Waals surface area contributed by atoms with Crippen molar-refractivity contribution in [3.63, 3.8) is 0 Å². The number of aromatic nitrogens is 1. The Kier molecular flexibility index (Phi) is 5.18. The first-order chi connectivity index (χ1) is 9.03. The molecule has 1 heterocycles. The monoisotopic (exact) mass is 316 g/mol. The van der Waals surface area contributed by atoms with Gasteiger partial charge in [0.15, 0.2) is 8.32 Å². The molecule has 5 nitrogen and oxygen atoms in total. The summed E-state index contributed by atoms with van der Waals surface area (Å²) >= 11 is 5.79. The van der Waals surface area contributed by atoms with E-state index in [1.807, 2.05) is 0 Å². The van der Waals surface area contributed by atoms with Gasteiger partial charge in [0.1, 0.15) is 10.9 Å². The number of pyridine rings is 1. The second kappa shape index (κ2) is 6.11. The van der Waals surface area contributed by atoms with Crippen LogP contribution >= 0.6 is 11.6 Å². The first kappa shape index (κ1) is 16.9. The summed E-state index contributed by atoms with van der Waals surface area (Å²) in [4.78, 5) is 14.9. The van der Waals surface area contributed by atoms with Gasteiger partial charge in [-0.1, -0.05) is 32.4 Å². The minimum absolute atomic E-state index is 0.0948. The fraction of sp³-hybridized carbons (Fsp3) is 0.538. The van der Waals surface area contributed by atoms with E-state index in [9.17, 15) is 4.79 Å². The quantitative estimate of drug-likeness (QED) is 0.678. The van der Waals surface area contributed by atoms with Crippen LogP contribution in [0.25, 0.3) is 0 Å². The maximum atomic E-state index is 10.9. The molecule has 0 saturated heterocycles. The third kappa shape index (κ3) is 4.47. The summed E-state index contributed by atoms with van der Waals surface area (Å²) in [5.74, 6) is 0.288. The van der Waals surface area contributed by atoms with Crippen molar-refractivity contribution < 1.29 is 14.0 Å². The Bertz CT molecular complexity index is 501. The predicted octanol–water partition coefficient (Wildman–Crippen LogP) is 3.71. The third-order valence-corrected chi connectivity index (χ3v) is 8.20. The van der Waals surface area contributed by atoms with Crippen LogP contribution in [0.15, 0.2) is 12.3 Å². The zero-order chi connectivity index (χ0) is 15.6. The normalized spacial score (nSPS) is 12.3. The Morgan fingerprint density at radius 1 is 1.45 bits per heavy atom. The first-order valence-electron chi connectivity index (χ1n) is 6.28. The van der Waals surface area contributed by atoms with Crippen molar-refractivity contribution in [3.8, 4) is 5.75 Å². The van der Waals surface area contributed by atoms with E-state index in [4.69, 9.17) is 26.5 Å². The van der Waals surface area contributed by atoms with Gasteiger partial charge in [0, 0.05) is 17.8 Å². The van der Waals surface area contributed by atoms with Crippen LogP contribution in [0.1, 0.15) is 26.3 Å². The van der Waals surface area contributed by atoms with E-state index in [-0.39, 0.29) is 15.9 Å².